The van der Waals surface area contributed by atoms with Crippen molar-refractivity contribution in [3.63, 3.8) is 0 Å². The molecular formula is C25H31ClN4O4S. The molecule has 3 N–H and O–H groups in total. The highest BCUT2D eigenvalue weighted by atomic mass is 35.5. The Kier molecular flexibility index (Phi) is 8.20. The van der Waals surface area contributed by atoms with E-state index in [1.807, 2.05) is 32.0 Å². The molecule has 10 heteroatoms. The highest BCUT2D eigenvalue weighted by molar-refractivity contribution is 7.18. The minimum atomic E-state index is -0.849. The number of cyclic esters (lactones) is 1. The molecule has 8 nitrogen and oxygen atoms in total. The Morgan fingerprint density at radius 3 is 2.71 bits per heavy atom. The van der Waals surface area contributed by atoms with Crippen molar-refractivity contribution in [2.24, 2.45) is 0 Å². The number of thiophene rings is 1. The first kappa shape index (κ1) is 25.3. The number of hydrogen-bond acceptors (Lipinski definition) is 7. The molecule has 0 bridgehead atoms. The van der Waals surface area contributed by atoms with Crippen LogP contribution in [-0.2, 0) is 4.74 Å². The van der Waals surface area contributed by atoms with Crippen molar-refractivity contribution in [2.45, 2.75) is 45.4 Å². The summed E-state index contributed by atoms with van der Waals surface area (Å²) in [6.45, 7) is 6.28. The maximum Gasteiger partial charge on any atom is 0.414 e. The van der Waals surface area contributed by atoms with Gasteiger partial charge in [0.25, 0.3) is 5.91 Å². The summed E-state index contributed by atoms with van der Waals surface area (Å²) in [7, 11) is 0. The van der Waals surface area contributed by atoms with Crippen LogP contribution in [0.25, 0.3) is 0 Å². The van der Waals surface area contributed by atoms with Crippen LogP contribution in [-0.4, -0.2) is 55.6 Å². The fourth-order valence-electron chi connectivity index (χ4n) is 4.30. The Hall–Kier alpha value is -2.75. The van der Waals surface area contributed by atoms with E-state index >= 15 is 0 Å². The molecule has 0 radical (unpaired) electrons. The standard InChI is InChI=1S/C25H31ClN4O4S/c1-16(2)12-23(31)28-19-13-17(6-7-20(19)29-10-4-3-5-11-29)30-15-18(34-25(30)33)14-27-24(32)21-8-9-22(26)35-21/h6-9,12-13,18,23,28,31H,3-5,10-11,14-15H2,1-2H3,(H,27,32). The number of ether oxygens (including phenoxy) is 1. The molecule has 2 atom stereocenters. The number of carbonyl (C=O) groups is 2. The van der Waals surface area contributed by atoms with Gasteiger partial charge in [-0.05, 0) is 69.5 Å². The molecule has 4 rings (SSSR count). The molecular weight excluding hydrogens is 488 g/mol. The Morgan fingerprint density at radius 2 is 2.03 bits per heavy atom. The maximum atomic E-state index is 12.7. The molecule has 35 heavy (non-hydrogen) atoms. The molecule has 2 amide bonds. The van der Waals surface area contributed by atoms with Crippen molar-refractivity contribution in [3.8, 4) is 0 Å². The SMILES string of the molecule is CC(C)=CC(O)Nc1cc(N2CC(CNC(=O)c3ccc(Cl)s3)OC2=O)ccc1N1CCCCC1. The molecule has 0 aliphatic carbocycles. The lowest BCUT2D eigenvalue weighted by atomic mass is 10.1. The number of hydrogen-bond donors (Lipinski definition) is 3. The average molecular weight is 519 g/mol. The molecule has 2 aliphatic heterocycles. The van der Waals surface area contributed by atoms with Gasteiger partial charge in [0, 0.05) is 18.8 Å². The van der Waals surface area contributed by atoms with Crippen LogP contribution >= 0.6 is 22.9 Å². The summed E-state index contributed by atoms with van der Waals surface area (Å²) >= 11 is 7.10. The summed E-state index contributed by atoms with van der Waals surface area (Å²) in [6, 6.07) is 9.10. The van der Waals surface area contributed by atoms with Crippen molar-refractivity contribution in [2.75, 3.05) is 41.3 Å². The molecule has 0 spiro atoms. The third-order valence-corrected chi connectivity index (χ3v) is 7.17. The van der Waals surface area contributed by atoms with Crippen molar-refractivity contribution in [1.29, 1.82) is 0 Å². The fourth-order valence-corrected chi connectivity index (χ4v) is 5.26. The van der Waals surface area contributed by atoms with Crippen LogP contribution < -0.4 is 20.4 Å². The summed E-state index contributed by atoms with van der Waals surface area (Å²) in [5, 5.41) is 16.5. The Labute approximate surface area is 214 Å². The normalized spacial score (nSPS) is 18.7. The maximum absolute atomic E-state index is 12.7. The zero-order valence-electron chi connectivity index (χ0n) is 19.9. The summed E-state index contributed by atoms with van der Waals surface area (Å²) in [5.74, 6) is -0.248. The van der Waals surface area contributed by atoms with E-state index in [1.54, 1.807) is 23.1 Å². The predicted octanol–water partition coefficient (Wildman–Crippen LogP) is 4.84. The molecule has 2 aromatic rings. The lowest BCUT2D eigenvalue weighted by molar-refractivity contribution is 0.0920. The van der Waals surface area contributed by atoms with Crippen LogP contribution in [0.2, 0.25) is 4.34 Å². The number of carbonyl (C=O) groups excluding carboxylic acids is 2. The highest BCUT2D eigenvalue weighted by Crippen LogP contribution is 2.34. The van der Waals surface area contributed by atoms with E-state index in [4.69, 9.17) is 16.3 Å². The quantitative estimate of drug-likeness (QED) is 0.342. The van der Waals surface area contributed by atoms with Crippen molar-refractivity contribution < 1.29 is 19.4 Å². The van der Waals surface area contributed by atoms with Gasteiger partial charge in [-0.15, -0.1) is 11.3 Å². The van der Waals surface area contributed by atoms with Gasteiger partial charge in [0.2, 0.25) is 0 Å². The fraction of sp³-hybridized carbons (Fsp3) is 0.440. The highest BCUT2D eigenvalue weighted by Gasteiger charge is 2.33. The average Bonchev–Trinajstić information content (AvgIpc) is 3.43. The first-order valence-corrected chi connectivity index (χ1v) is 13.0. The van der Waals surface area contributed by atoms with Crippen molar-refractivity contribution in [3.05, 3.63) is 51.2 Å². The Morgan fingerprint density at radius 1 is 1.26 bits per heavy atom. The van der Waals surface area contributed by atoms with Gasteiger partial charge in [0.15, 0.2) is 0 Å². The second-order valence-electron chi connectivity index (χ2n) is 9.01. The Bertz CT molecular complexity index is 1090. The van der Waals surface area contributed by atoms with E-state index in [2.05, 4.69) is 15.5 Å². The molecule has 2 aliphatic rings. The summed E-state index contributed by atoms with van der Waals surface area (Å²) in [4.78, 5) is 29.3. The molecule has 0 saturated carbocycles. The van der Waals surface area contributed by atoms with Crippen molar-refractivity contribution in [1.82, 2.24) is 5.32 Å². The molecule has 1 aromatic carbocycles. The number of rotatable bonds is 8. The zero-order valence-corrected chi connectivity index (χ0v) is 21.5. The van der Waals surface area contributed by atoms with Gasteiger partial charge in [0.1, 0.15) is 12.3 Å². The predicted molar refractivity (Wildman–Crippen MR) is 141 cm³/mol. The molecule has 3 heterocycles. The van der Waals surface area contributed by atoms with E-state index in [0.29, 0.717) is 21.4 Å². The monoisotopic (exact) mass is 518 g/mol. The summed E-state index contributed by atoms with van der Waals surface area (Å²) in [6.07, 6.45) is 3.42. The summed E-state index contributed by atoms with van der Waals surface area (Å²) < 4.78 is 6.04. The van der Waals surface area contributed by atoms with Gasteiger partial charge in [-0.1, -0.05) is 17.2 Å². The van der Waals surface area contributed by atoms with Crippen LogP contribution in [0, 0.1) is 0 Å². The topological polar surface area (TPSA) is 94.1 Å². The second kappa shape index (κ2) is 11.3. The largest absolute Gasteiger partial charge is 0.442 e. The van der Waals surface area contributed by atoms with Gasteiger partial charge in [0.05, 0.1) is 33.7 Å². The van der Waals surface area contributed by atoms with Gasteiger partial charge in [-0.25, -0.2) is 4.79 Å². The molecule has 2 saturated heterocycles. The van der Waals surface area contributed by atoms with Crippen LogP contribution in [0.4, 0.5) is 21.9 Å². The van der Waals surface area contributed by atoms with E-state index in [9.17, 15) is 14.7 Å². The van der Waals surface area contributed by atoms with Gasteiger partial charge in [-0.2, -0.15) is 0 Å². The number of halogens is 1. The van der Waals surface area contributed by atoms with Gasteiger partial charge >= 0.3 is 6.09 Å². The lowest BCUT2D eigenvalue weighted by Gasteiger charge is -2.32. The van der Waals surface area contributed by atoms with E-state index in [0.717, 1.165) is 42.9 Å². The molecule has 1 aromatic heterocycles. The number of benzene rings is 1. The number of anilines is 3. The number of nitrogens with zero attached hydrogens (tertiary/aromatic N) is 2. The van der Waals surface area contributed by atoms with Crippen LogP contribution in [0.15, 0.2) is 42.0 Å². The molecule has 2 fully saturated rings. The van der Waals surface area contributed by atoms with Crippen LogP contribution in [0.1, 0.15) is 42.8 Å². The minimum Gasteiger partial charge on any atom is -0.442 e. The number of amides is 2. The third-order valence-electron chi connectivity index (χ3n) is 5.94. The minimum absolute atomic E-state index is 0.201. The van der Waals surface area contributed by atoms with E-state index in [-0.39, 0.29) is 12.5 Å². The molecule has 2 unspecified atom stereocenters. The number of aliphatic hydroxyl groups is 1. The summed E-state index contributed by atoms with van der Waals surface area (Å²) in [5.41, 5.74) is 3.43. The number of nitrogens with one attached hydrogen (secondary N) is 2. The smallest absolute Gasteiger partial charge is 0.414 e. The first-order chi connectivity index (χ1) is 16.8. The van der Waals surface area contributed by atoms with Gasteiger partial charge < -0.3 is 25.4 Å². The zero-order chi connectivity index (χ0) is 24.9. The first-order valence-electron chi connectivity index (χ1n) is 11.8. The van der Waals surface area contributed by atoms with E-state index in [1.165, 1.54) is 17.8 Å². The van der Waals surface area contributed by atoms with Crippen LogP contribution in [0.3, 0.4) is 0 Å². The van der Waals surface area contributed by atoms with E-state index < -0.39 is 18.4 Å². The number of allylic oxidation sites excluding steroid dienone is 1. The molecule has 188 valence electrons. The lowest BCUT2D eigenvalue weighted by Crippen LogP contribution is -2.34. The third kappa shape index (κ3) is 6.48. The number of aliphatic hydroxyl groups excluding tert-OH is 1. The number of piperidine rings is 1. The Balaban J connectivity index is 1.47. The van der Waals surface area contributed by atoms with Gasteiger partial charge in [-0.3, -0.25) is 9.69 Å². The second-order valence-corrected chi connectivity index (χ2v) is 10.7. The van der Waals surface area contributed by atoms with Crippen LogP contribution in [0.5, 0.6) is 0 Å². The van der Waals surface area contributed by atoms with Crippen molar-refractivity contribution >= 4 is 52.0 Å².